The second kappa shape index (κ2) is 7.00. The van der Waals surface area contributed by atoms with Gasteiger partial charge in [-0.15, -0.1) is 0 Å². The standard InChI is InChI=1S/C14H20N4O2/c1-10(11-7-16-8-11)14(20)17-6-4-13(19)18-12-3-2-5-15-9-12/h2-3,5,9-11,16H,4,6-8H2,1H3,(H,17,20)(H,18,19). The van der Waals surface area contributed by atoms with Crippen molar-refractivity contribution < 1.29 is 9.59 Å². The lowest BCUT2D eigenvalue weighted by molar-refractivity contribution is -0.126. The highest BCUT2D eigenvalue weighted by Crippen LogP contribution is 2.15. The molecule has 0 saturated carbocycles. The number of rotatable bonds is 6. The van der Waals surface area contributed by atoms with Crippen molar-refractivity contribution in [2.75, 3.05) is 25.0 Å². The minimum absolute atomic E-state index is 0.00219. The molecular weight excluding hydrogens is 256 g/mol. The van der Waals surface area contributed by atoms with Crippen LogP contribution in [0.1, 0.15) is 13.3 Å². The first-order valence-electron chi connectivity index (χ1n) is 6.85. The van der Waals surface area contributed by atoms with Crippen LogP contribution in [-0.4, -0.2) is 36.4 Å². The molecule has 2 amide bonds. The summed E-state index contributed by atoms with van der Waals surface area (Å²) in [5.41, 5.74) is 0.665. The number of hydrogen-bond donors (Lipinski definition) is 3. The lowest BCUT2D eigenvalue weighted by Gasteiger charge is -2.31. The van der Waals surface area contributed by atoms with Crippen molar-refractivity contribution in [3.63, 3.8) is 0 Å². The van der Waals surface area contributed by atoms with Crippen molar-refractivity contribution in [3.05, 3.63) is 24.5 Å². The Bertz CT molecular complexity index is 460. The number of nitrogens with one attached hydrogen (secondary N) is 3. The Labute approximate surface area is 118 Å². The summed E-state index contributed by atoms with van der Waals surface area (Å²) >= 11 is 0. The van der Waals surface area contributed by atoms with E-state index in [0.29, 0.717) is 18.2 Å². The van der Waals surface area contributed by atoms with E-state index in [1.165, 1.54) is 0 Å². The van der Waals surface area contributed by atoms with Crippen LogP contribution >= 0.6 is 0 Å². The van der Waals surface area contributed by atoms with E-state index in [9.17, 15) is 9.59 Å². The van der Waals surface area contributed by atoms with Crippen LogP contribution in [-0.2, 0) is 9.59 Å². The molecular formula is C14H20N4O2. The molecule has 1 aromatic heterocycles. The maximum atomic E-state index is 11.8. The van der Waals surface area contributed by atoms with Crippen LogP contribution in [0.4, 0.5) is 5.69 Å². The quantitative estimate of drug-likeness (QED) is 0.701. The first-order chi connectivity index (χ1) is 9.66. The molecule has 6 nitrogen and oxygen atoms in total. The number of anilines is 1. The summed E-state index contributed by atoms with van der Waals surface area (Å²) in [6, 6.07) is 3.53. The van der Waals surface area contributed by atoms with Gasteiger partial charge in [0.1, 0.15) is 0 Å². The summed E-state index contributed by atoms with van der Waals surface area (Å²) < 4.78 is 0. The molecule has 0 aliphatic carbocycles. The van der Waals surface area contributed by atoms with Gasteiger partial charge >= 0.3 is 0 Å². The Morgan fingerprint density at radius 2 is 2.30 bits per heavy atom. The van der Waals surface area contributed by atoms with Crippen LogP contribution in [0, 0.1) is 11.8 Å². The molecule has 1 aliphatic rings. The monoisotopic (exact) mass is 276 g/mol. The zero-order valence-corrected chi connectivity index (χ0v) is 11.6. The SMILES string of the molecule is CC(C(=O)NCCC(=O)Nc1cccnc1)C1CNC1. The number of amides is 2. The van der Waals surface area contributed by atoms with Crippen LogP contribution in [0.2, 0.25) is 0 Å². The van der Waals surface area contributed by atoms with Crippen molar-refractivity contribution in [1.82, 2.24) is 15.6 Å². The van der Waals surface area contributed by atoms with Crippen LogP contribution in [0.25, 0.3) is 0 Å². The first kappa shape index (κ1) is 14.5. The Balaban J connectivity index is 1.65. The molecule has 2 heterocycles. The maximum Gasteiger partial charge on any atom is 0.226 e. The lowest BCUT2D eigenvalue weighted by atomic mass is 9.88. The molecule has 0 bridgehead atoms. The first-order valence-corrected chi connectivity index (χ1v) is 6.85. The summed E-state index contributed by atoms with van der Waals surface area (Å²) in [5.74, 6) is 0.304. The predicted octanol–water partition coefficient (Wildman–Crippen LogP) is 0.382. The van der Waals surface area contributed by atoms with Crippen molar-refractivity contribution >= 4 is 17.5 Å². The average molecular weight is 276 g/mol. The molecule has 2 rings (SSSR count). The van der Waals surface area contributed by atoms with Crippen molar-refractivity contribution in [3.8, 4) is 0 Å². The number of carbonyl (C=O) groups excluding carboxylic acids is 2. The van der Waals surface area contributed by atoms with Gasteiger partial charge in [-0.05, 0) is 31.1 Å². The summed E-state index contributed by atoms with van der Waals surface area (Å²) in [6.07, 6.45) is 3.49. The highest BCUT2D eigenvalue weighted by atomic mass is 16.2. The maximum absolute atomic E-state index is 11.8. The second-order valence-corrected chi connectivity index (χ2v) is 5.04. The van der Waals surface area contributed by atoms with Gasteiger partial charge in [-0.1, -0.05) is 6.92 Å². The van der Waals surface area contributed by atoms with Gasteiger partial charge in [0.2, 0.25) is 11.8 Å². The van der Waals surface area contributed by atoms with Gasteiger partial charge in [0.05, 0.1) is 11.9 Å². The zero-order valence-electron chi connectivity index (χ0n) is 11.6. The molecule has 20 heavy (non-hydrogen) atoms. The molecule has 1 aromatic rings. The Morgan fingerprint density at radius 3 is 2.90 bits per heavy atom. The molecule has 1 atom stereocenters. The van der Waals surface area contributed by atoms with Gasteiger partial charge in [0.15, 0.2) is 0 Å². The molecule has 1 fully saturated rings. The molecule has 1 aliphatic heterocycles. The van der Waals surface area contributed by atoms with Crippen molar-refractivity contribution in [2.24, 2.45) is 11.8 Å². The topological polar surface area (TPSA) is 83.1 Å². The van der Waals surface area contributed by atoms with Crippen LogP contribution in [0.3, 0.4) is 0 Å². The molecule has 1 unspecified atom stereocenters. The van der Waals surface area contributed by atoms with Gasteiger partial charge in [-0.3, -0.25) is 14.6 Å². The van der Waals surface area contributed by atoms with E-state index in [0.717, 1.165) is 13.1 Å². The number of pyridine rings is 1. The minimum atomic E-state index is -0.128. The van der Waals surface area contributed by atoms with E-state index in [2.05, 4.69) is 20.9 Å². The molecule has 6 heteroatoms. The fourth-order valence-corrected chi connectivity index (χ4v) is 2.00. The zero-order chi connectivity index (χ0) is 14.4. The van der Waals surface area contributed by atoms with Crippen LogP contribution < -0.4 is 16.0 Å². The van der Waals surface area contributed by atoms with Crippen LogP contribution in [0.15, 0.2) is 24.5 Å². The average Bonchev–Trinajstić information content (AvgIpc) is 2.37. The summed E-state index contributed by atoms with van der Waals surface area (Å²) in [4.78, 5) is 27.4. The lowest BCUT2D eigenvalue weighted by Crippen LogP contribution is -2.49. The number of nitrogens with zero attached hydrogens (tertiary/aromatic N) is 1. The van der Waals surface area contributed by atoms with Crippen molar-refractivity contribution in [1.29, 1.82) is 0 Å². The summed E-state index contributed by atoms with van der Waals surface area (Å²) in [6.45, 7) is 4.08. The highest BCUT2D eigenvalue weighted by molar-refractivity contribution is 5.91. The second-order valence-electron chi connectivity index (χ2n) is 5.04. The highest BCUT2D eigenvalue weighted by Gasteiger charge is 2.28. The number of carbonyl (C=O) groups is 2. The van der Waals surface area contributed by atoms with Crippen molar-refractivity contribution in [2.45, 2.75) is 13.3 Å². The third-order valence-electron chi connectivity index (χ3n) is 3.53. The molecule has 0 spiro atoms. The number of hydrogen-bond acceptors (Lipinski definition) is 4. The summed E-state index contributed by atoms with van der Waals surface area (Å²) in [7, 11) is 0. The smallest absolute Gasteiger partial charge is 0.226 e. The van der Waals surface area contributed by atoms with Gasteiger partial charge in [0.25, 0.3) is 0 Å². The van der Waals surface area contributed by atoms with E-state index < -0.39 is 0 Å². The number of aromatic nitrogens is 1. The fourth-order valence-electron chi connectivity index (χ4n) is 2.00. The third kappa shape index (κ3) is 4.03. The normalized spacial score (nSPS) is 16.1. The van der Waals surface area contributed by atoms with E-state index in [1.54, 1.807) is 24.5 Å². The van der Waals surface area contributed by atoms with Gasteiger partial charge in [-0.2, -0.15) is 0 Å². The van der Waals surface area contributed by atoms with E-state index in [1.807, 2.05) is 6.92 Å². The summed E-state index contributed by atoms with van der Waals surface area (Å²) in [5, 5.41) is 8.68. The van der Waals surface area contributed by atoms with Gasteiger partial charge < -0.3 is 16.0 Å². The van der Waals surface area contributed by atoms with E-state index >= 15 is 0 Å². The third-order valence-corrected chi connectivity index (χ3v) is 3.53. The predicted molar refractivity (Wildman–Crippen MR) is 76.0 cm³/mol. The molecule has 0 radical (unpaired) electrons. The van der Waals surface area contributed by atoms with E-state index in [-0.39, 0.29) is 24.2 Å². The largest absolute Gasteiger partial charge is 0.355 e. The van der Waals surface area contributed by atoms with E-state index in [4.69, 9.17) is 0 Å². The molecule has 3 N–H and O–H groups in total. The minimum Gasteiger partial charge on any atom is -0.355 e. The molecule has 108 valence electrons. The van der Waals surface area contributed by atoms with Gasteiger partial charge in [0, 0.05) is 25.1 Å². The van der Waals surface area contributed by atoms with Gasteiger partial charge in [-0.25, -0.2) is 0 Å². The molecule has 0 aromatic carbocycles. The Hall–Kier alpha value is -1.95. The Kier molecular flexibility index (Phi) is 5.06. The van der Waals surface area contributed by atoms with Crippen LogP contribution in [0.5, 0.6) is 0 Å². The molecule has 1 saturated heterocycles. The fraction of sp³-hybridized carbons (Fsp3) is 0.500. The Morgan fingerprint density at radius 1 is 1.50 bits per heavy atom.